The van der Waals surface area contributed by atoms with Crippen LogP contribution in [0.2, 0.25) is 0 Å². The molecule has 1 aromatic heterocycles. The van der Waals surface area contributed by atoms with Crippen molar-refractivity contribution in [2.45, 2.75) is 26.4 Å². The van der Waals surface area contributed by atoms with Crippen molar-refractivity contribution in [2.24, 2.45) is 5.73 Å². The Labute approximate surface area is 100 Å². The number of aryl methyl sites for hydroxylation is 1. The zero-order valence-electron chi connectivity index (χ0n) is 10.0. The van der Waals surface area contributed by atoms with Gasteiger partial charge in [0.1, 0.15) is 5.82 Å². The van der Waals surface area contributed by atoms with Crippen molar-refractivity contribution in [3.63, 3.8) is 0 Å². The summed E-state index contributed by atoms with van der Waals surface area (Å²) in [5.74, 6) is -0.246. The summed E-state index contributed by atoms with van der Waals surface area (Å²) >= 11 is 0. The van der Waals surface area contributed by atoms with Crippen LogP contribution in [-0.2, 0) is 6.54 Å². The molecule has 0 spiro atoms. The predicted molar refractivity (Wildman–Crippen MR) is 65.9 cm³/mol. The highest BCUT2D eigenvalue weighted by atomic mass is 19.1. The van der Waals surface area contributed by atoms with Crippen LogP contribution in [0.4, 0.5) is 4.39 Å². The Morgan fingerprint density at radius 3 is 2.71 bits per heavy atom. The van der Waals surface area contributed by atoms with Crippen LogP contribution in [0.5, 0.6) is 0 Å². The maximum absolute atomic E-state index is 13.8. The van der Waals surface area contributed by atoms with E-state index in [4.69, 9.17) is 5.73 Å². The Morgan fingerprint density at radius 1 is 1.41 bits per heavy atom. The molecule has 0 aliphatic heterocycles. The molecule has 0 saturated heterocycles. The SMILES string of the molecule is CCn1ncc(C(C)N)c1-c1ccccc1F. The number of aromatic nitrogens is 2. The highest BCUT2D eigenvalue weighted by molar-refractivity contribution is 5.64. The quantitative estimate of drug-likeness (QED) is 0.885. The molecule has 1 heterocycles. The van der Waals surface area contributed by atoms with E-state index in [1.165, 1.54) is 6.07 Å². The van der Waals surface area contributed by atoms with Gasteiger partial charge in [0.25, 0.3) is 0 Å². The van der Waals surface area contributed by atoms with Gasteiger partial charge >= 0.3 is 0 Å². The Morgan fingerprint density at radius 2 is 2.12 bits per heavy atom. The number of rotatable bonds is 3. The molecule has 1 atom stereocenters. The summed E-state index contributed by atoms with van der Waals surface area (Å²) in [6.45, 7) is 4.54. The molecule has 0 fully saturated rings. The van der Waals surface area contributed by atoms with E-state index < -0.39 is 0 Å². The van der Waals surface area contributed by atoms with E-state index >= 15 is 0 Å². The molecule has 0 aliphatic carbocycles. The van der Waals surface area contributed by atoms with Crippen LogP contribution in [0, 0.1) is 5.82 Å². The average molecular weight is 233 g/mol. The van der Waals surface area contributed by atoms with Gasteiger partial charge < -0.3 is 5.73 Å². The zero-order chi connectivity index (χ0) is 12.4. The molecule has 1 unspecified atom stereocenters. The lowest BCUT2D eigenvalue weighted by atomic mass is 10.0. The van der Waals surface area contributed by atoms with Gasteiger partial charge in [0.2, 0.25) is 0 Å². The molecule has 0 amide bonds. The van der Waals surface area contributed by atoms with Crippen LogP contribution in [0.1, 0.15) is 25.5 Å². The lowest BCUT2D eigenvalue weighted by molar-refractivity contribution is 0.620. The van der Waals surface area contributed by atoms with Gasteiger partial charge in [-0.05, 0) is 26.0 Å². The van der Waals surface area contributed by atoms with Crippen LogP contribution < -0.4 is 5.73 Å². The minimum atomic E-state index is -0.246. The average Bonchev–Trinajstić information content (AvgIpc) is 2.73. The van der Waals surface area contributed by atoms with E-state index in [9.17, 15) is 4.39 Å². The molecule has 17 heavy (non-hydrogen) atoms. The second kappa shape index (κ2) is 4.67. The lowest BCUT2D eigenvalue weighted by Gasteiger charge is -2.11. The molecule has 0 saturated carbocycles. The largest absolute Gasteiger partial charge is 0.324 e. The fourth-order valence-electron chi connectivity index (χ4n) is 1.92. The lowest BCUT2D eigenvalue weighted by Crippen LogP contribution is -2.08. The summed E-state index contributed by atoms with van der Waals surface area (Å²) in [7, 11) is 0. The molecular formula is C13H16FN3. The molecular weight excluding hydrogens is 217 g/mol. The number of hydrogen-bond donors (Lipinski definition) is 1. The predicted octanol–water partition coefficient (Wildman–Crippen LogP) is 2.73. The summed E-state index contributed by atoms with van der Waals surface area (Å²) in [5.41, 5.74) is 8.10. The van der Waals surface area contributed by atoms with Crippen molar-refractivity contribution in [3.8, 4) is 11.3 Å². The van der Waals surface area contributed by atoms with Gasteiger partial charge in [0.15, 0.2) is 0 Å². The van der Waals surface area contributed by atoms with E-state index in [0.29, 0.717) is 12.1 Å². The highest BCUT2D eigenvalue weighted by Gasteiger charge is 2.17. The highest BCUT2D eigenvalue weighted by Crippen LogP contribution is 2.29. The van der Waals surface area contributed by atoms with Crippen LogP contribution in [0.15, 0.2) is 30.5 Å². The first-order valence-electron chi connectivity index (χ1n) is 5.71. The van der Waals surface area contributed by atoms with Crippen molar-refractivity contribution < 1.29 is 4.39 Å². The number of benzene rings is 1. The number of nitrogens with two attached hydrogens (primary N) is 1. The zero-order valence-corrected chi connectivity index (χ0v) is 10.0. The van der Waals surface area contributed by atoms with E-state index in [2.05, 4.69) is 5.10 Å². The molecule has 2 aromatic rings. The molecule has 0 radical (unpaired) electrons. The minimum Gasteiger partial charge on any atom is -0.324 e. The summed E-state index contributed by atoms with van der Waals surface area (Å²) in [6.07, 6.45) is 1.72. The Bertz CT molecular complexity index is 517. The van der Waals surface area contributed by atoms with Crippen molar-refractivity contribution in [3.05, 3.63) is 41.8 Å². The number of nitrogens with zero attached hydrogens (tertiary/aromatic N) is 2. The molecule has 0 aliphatic rings. The van der Waals surface area contributed by atoms with Crippen molar-refractivity contribution in [1.29, 1.82) is 0 Å². The Hall–Kier alpha value is -1.68. The number of hydrogen-bond acceptors (Lipinski definition) is 2. The van der Waals surface area contributed by atoms with E-state index in [1.807, 2.05) is 19.9 Å². The van der Waals surface area contributed by atoms with Crippen LogP contribution in [0.3, 0.4) is 0 Å². The summed E-state index contributed by atoms with van der Waals surface area (Å²) in [5, 5.41) is 4.24. The molecule has 0 bridgehead atoms. The molecule has 3 nitrogen and oxygen atoms in total. The fraction of sp³-hybridized carbons (Fsp3) is 0.308. The third-order valence-electron chi connectivity index (χ3n) is 2.79. The maximum Gasteiger partial charge on any atom is 0.132 e. The van der Waals surface area contributed by atoms with Crippen molar-refractivity contribution in [1.82, 2.24) is 9.78 Å². The molecule has 4 heteroatoms. The van der Waals surface area contributed by atoms with Gasteiger partial charge in [0.05, 0.1) is 11.9 Å². The molecule has 1 aromatic carbocycles. The third-order valence-corrected chi connectivity index (χ3v) is 2.79. The standard InChI is InChI=1S/C13H16FN3/c1-3-17-13(11(8-16-17)9(2)15)10-6-4-5-7-12(10)14/h4-9H,3,15H2,1-2H3. The maximum atomic E-state index is 13.8. The van der Waals surface area contributed by atoms with Gasteiger partial charge in [-0.15, -0.1) is 0 Å². The Kier molecular flexibility index (Phi) is 3.24. The second-order valence-corrected chi connectivity index (χ2v) is 4.03. The van der Waals surface area contributed by atoms with Gasteiger partial charge in [0, 0.05) is 23.7 Å². The van der Waals surface area contributed by atoms with Crippen molar-refractivity contribution in [2.75, 3.05) is 0 Å². The first-order chi connectivity index (χ1) is 8.15. The van der Waals surface area contributed by atoms with Gasteiger partial charge in [-0.2, -0.15) is 5.10 Å². The van der Waals surface area contributed by atoms with Crippen LogP contribution in [-0.4, -0.2) is 9.78 Å². The smallest absolute Gasteiger partial charge is 0.132 e. The summed E-state index contributed by atoms with van der Waals surface area (Å²) < 4.78 is 15.6. The van der Waals surface area contributed by atoms with E-state index in [0.717, 1.165) is 11.3 Å². The molecule has 2 N–H and O–H groups in total. The van der Waals surface area contributed by atoms with E-state index in [1.54, 1.807) is 23.0 Å². The summed E-state index contributed by atoms with van der Waals surface area (Å²) in [4.78, 5) is 0. The van der Waals surface area contributed by atoms with Crippen LogP contribution >= 0.6 is 0 Å². The van der Waals surface area contributed by atoms with E-state index in [-0.39, 0.29) is 11.9 Å². The fourth-order valence-corrected chi connectivity index (χ4v) is 1.92. The molecule has 2 rings (SSSR count). The van der Waals surface area contributed by atoms with Crippen LogP contribution in [0.25, 0.3) is 11.3 Å². The molecule has 90 valence electrons. The normalized spacial score (nSPS) is 12.7. The van der Waals surface area contributed by atoms with Gasteiger partial charge in [-0.1, -0.05) is 12.1 Å². The van der Waals surface area contributed by atoms with Gasteiger partial charge in [-0.25, -0.2) is 4.39 Å². The second-order valence-electron chi connectivity index (χ2n) is 4.03. The number of halogens is 1. The minimum absolute atomic E-state index is 0.162. The monoisotopic (exact) mass is 233 g/mol. The first-order valence-corrected chi connectivity index (χ1v) is 5.71. The summed E-state index contributed by atoms with van der Waals surface area (Å²) in [6, 6.07) is 6.54. The Balaban J connectivity index is 2.64. The topological polar surface area (TPSA) is 43.8 Å². The van der Waals surface area contributed by atoms with Crippen molar-refractivity contribution >= 4 is 0 Å². The first kappa shape index (κ1) is 11.8. The third kappa shape index (κ3) is 2.08. The van der Waals surface area contributed by atoms with Gasteiger partial charge in [-0.3, -0.25) is 4.68 Å².